The first-order chi connectivity index (χ1) is 6.33. The zero-order valence-electron chi connectivity index (χ0n) is 8.47. The van der Waals surface area contributed by atoms with Crippen LogP contribution in [0.2, 0.25) is 0 Å². The largest absolute Gasteiger partial charge is 0.302 e. The van der Waals surface area contributed by atoms with E-state index in [2.05, 4.69) is 39.5 Å². The van der Waals surface area contributed by atoms with Crippen LogP contribution in [0, 0.1) is 5.92 Å². The number of halogens is 1. The Balaban J connectivity index is 2.03. The van der Waals surface area contributed by atoms with Gasteiger partial charge in [0.2, 0.25) is 0 Å². The molecule has 1 fully saturated rings. The predicted molar refractivity (Wildman–Crippen MR) is 66.0 cm³/mol. The summed E-state index contributed by atoms with van der Waals surface area (Å²) in [5, 5.41) is 1.16. The molecule has 0 saturated carbocycles. The fourth-order valence-corrected chi connectivity index (χ4v) is 3.32. The minimum atomic E-state index is 0.883. The average Bonchev–Trinajstić information content (AvgIpc) is 2.17. The van der Waals surface area contributed by atoms with Crippen molar-refractivity contribution in [2.45, 2.75) is 19.8 Å². The highest BCUT2D eigenvalue weighted by Crippen LogP contribution is 2.13. The number of rotatable bonds is 5. The lowest BCUT2D eigenvalue weighted by atomic mass is 10.1. The summed E-state index contributed by atoms with van der Waals surface area (Å²) >= 11 is 5.59. The molecule has 1 aliphatic heterocycles. The van der Waals surface area contributed by atoms with Crippen molar-refractivity contribution in [3.05, 3.63) is 0 Å². The molecule has 0 bridgehead atoms. The van der Waals surface area contributed by atoms with Crippen LogP contribution in [0.25, 0.3) is 0 Å². The average molecular weight is 266 g/mol. The van der Waals surface area contributed by atoms with E-state index in [-0.39, 0.29) is 0 Å². The molecule has 0 N–H and O–H groups in total. The van der Waals surface area contributed by atoms with Crippen molar-refractivity contribution in [3.63, 3.8) is 0 Å². The summed E-state index contributed by atoms with van der Waals surface area (Å²) in [4.78, 5) is 2.61. The van der Waals surface area contributed by atoms with Crippen LogP contribution < -0.4 is 0 Å². The lowest BCUT2D eigenvalue weighted by molar-refractivity contribution is 0.277. The van der Waals surface area contributed by atoms with Gasteiger partial charge in [-0.1, -0.05) is 22.9 Å². The summed E-state index contributed by atoms with van der Waals surface area (Å²) in [5.74, 6) is 3.56. The maximum absolute atomic E-state index is 3.50. The van der Waals surface area contributed by atoms with Crippen molar-refractivity contribution < 1.29 is 0 Å². The Labute approximate surface area is 94.8 Å². The number of thioether (sulfide) groups is 1. The fourth-order valence-electron chi connectivity index (χ4n) is 1.56. The Kier molecular flexibility index (Phi) is 6.51. The van der Waals surface area contributed by atoms with Gasteiger partial charge in [0.25, 0.3) is 0 Å². The van der Waals surface area contributed by atoms with Crippen molar-refractivity contribution in [1.29, 1.82) is 0 Å². The van der Waals surface area contributed by atoms with Gasteiger partial charge < -0.3 is 4.90 Å². The molecule has 1 aliphatic rings. The monoisotopic (exact) mass is 265 g/mol. The van der Waals surface area contributed by atoms with E-state index in [0.717, 1.165) is 11.2 Å². The predicted octanol–water partition coefficient (Wildman–Crippen LogP) is 2.85. The molecule has 0 aliphatic carbocycles. The summed E-state index contributed by atoms with van der Waals surface area (Å²) < 4.78 is 0. The van der Waals surface area contributed by atoms with E-state index in [9.17, 15) is 0 Å². The third-order valence-electron chi connectivity index (χ3n) is 2.64. The van der Waals surface area contributed by atoms with Crippen LogP contribution in [0.4, 0.5) is 0 Å². The van der Waals surface area contributed by atoms with Crippen LogP contribution in [0.5, 0.6) is 0 Å². The van der Waals surface area contributed by atoms with Gasteiger partial charge in [0.15, 0.2) is 0 Å². The minimum Gasteiger partial charge on any atom is -0.302 e. The minimum absolute atomic E-state index is 0.883. The van der Waals surface area contributed by atoms with Gasteiger partial charge in [-0.25, -0.2) is 0 Å². The summed E-state index contributed by atoms with van der Waals surface area (Å²) in [6, 6.07) is 0. The summed E-state index contributed by atoms with van der Waals surface area (Å²) in [6.07, 6.45) is 2.69. The van der Waals surface area contributed by atoms with Gasteiger partial charge in [0, 0.05) is 29.9 Å². The zero-order chi connectivity index (χ0) is 9.52. The molecule has 0 aromatic rings. The lowest BCUT2D eigenvalue weighted by Crippen LogP contribution is -2.34. The molecule has 0 aromatic carbocycles. The topological polar surface area (TPSA) is 3.24 Å². The quantitative estimate of drug-likeness (QED) is 0.704. The lowest BCUT2D eigenvalue weighted by Gasteiger charge is -2.27. The van der Waals surface area contributed by atoms with Crippen molar-refractivity contribution in [3.8, 4) is 0 Å². The first kappa shape index (κ1) is 11.9. The molecule has 1 nitrogen and oxygen atoms in total. The molecule has 0 radical (unpaired) electrons. The van der Waals surface area contributed by atoms with Crippen molar-refractivity contribution in [2.75, 3.05) is 36.5 Å². The first-order valence-corrected chi connectivity index (χ1v) is 7.46. The van der Waals surface area contributed by atoms with Crippen LogP contribution in [-0.4, -0.2) is 41.4 Å². The van der Waals surface area contributed by atoms with E-state index in [1.807, 2.05) is 0 Å². The van der Waals surface area contributed by atoms with E-state index in [1.54, 1.807) is 0 Å². The van der Waals surface area contributed by atoms with Crippen LogP contribution in [0.3, 0.4) is 0 Å². The van der Waals surface area contributed by atoms with E-state index >= 15 is 0 Å². The molecule has 13 heavy (non-hydrogen) atoms. The number of hydrogen-bond donors (Lipinski definition) is 0. The number of alkyl halides is 1. The van der Waals surface area contributed by atoms with Crippen LogP contribution >= 0.6 is 27.7 Å². The third-order valence-corrected chi connectivity index (χ3v) is 4.04. The molecular weight excluding hydrogens is 246 g/mol. The molecule has 1 rings (SSSR count). The Morgan fingerprint density at radius 3 is 2.62 bits per heavy atom. The maximum atomic E-state index is 3.50. The van der Waals surface area contributed by atoms with E-state index in [4.69, 9.17) is 0 Å². The maximum Gasteiger partial charge on any atom is 0.00727 e. The van der Waals surface area contributed by atoms with Gasteiger partial charge in [-0.05, 0) is 25.3 Å². The second-order valence-corrected chi connectivity index (χ2v) is 5.84. The Morgan fingerprint density at radius 2 is 2.00 bits per heavy atom. The Morgan fingerprint density at radius 1 is 1.31 bits per heavy atom. The summed E-state index contributed by atoms with van der Waals surface area (Å²) in [7, 11) is 0. The van der Waals surface area contributed by atoms with E-state index in [1.165, 1.54) is 44.0 Å². The molecular formula is C10H20BrNS. The zero-order valence-corrected chi connectivity index (χ0v) is 10.9. The second-order valence-electron chi connectivity index (χ2n) is 3.83. The molecule has 3 heteroatoms. The fraction of sp³-hybridized carbons (Fsp3) is 1.00. The molecule has 1 saturated heterocycles. The number of nitrogens with zero attached hydrogens (tertiary/aromatic N) is 1. The van der Waals surface area contributed by atoms with Gasteiger partial charge in [-0.3, -0.25) is 0 Å². The van der Waals surface area contributed by atoms with Gasteiger partial charge in [0.1, 0.15) is 0 Å². The summed E-state index contributed by atoms with van der Waals surface area (Å²) in [5.41, 5.74) is 0. The standard InChI is InChI=1S/C10H20BrNS/c1-10(2-4-11)3-5-12-6-8-13-9-7-12/h10H,2-9H2,1H3. The van der Waals surface area contributed by atoms with Crippen molar-refractivity contribution in [2.24, 2.45) is 5.92 Å². The molecule has 1 heterocycles. The second kappa shape index (κ2) is 7.13. The molecule has 0 aromatic heterocycles. The Hall–Kier alpha value is 0.790. The van der Waals surface area contributed by atoms with Crippen molar-refractivity contribution in [1.82, 2.24) is 4.90 Å². The van der Waals surface area contributed by atoms with Gasteiger partial charge in [-0.15, -0.1) is 0 Å². The van der Waals surface area contributed by atoms with Gasteiger partial charge in [0.05, 0.1) is 0 Å². The van der Waals surface area contributed by atoms with Crippen molar-refractivity contribution >= 4 is 27.7 Å². The van der Waals surface area contributed by atoms with Gasteiger partial charge in [-0.2, -0.15) is 11.8 Å². The molecule has 78 valence electrons. The smallest absolute Gasteiger partial charge is 0.00727 e. The Bertz CT molecular complexity index is 126. The van der Waals surface area contributed by atoms with Crippen LogP contribution in [-0.2, 0) is 0 Å². The number of hydrogen-bond acceptors (Lipinski definition) is 2. The SMILES string of the molecule is CC(CCBr)CCN1CCSCC1. The van der Waals surface area contributed by atoms with E-state index in [0.29, 0.717) is 0 Å². The normalized spacial score (nSPS) is 21.7. The van der Waals surface area contributed by atoms with Gasteiger partial charge >= 0.3 is 0 Å². The molecule has 0 spiro atoms. The third kappa shape index (κ3) is 5.28. The molecule has 1 atom stereocenters. The molecule has 1 unspecified atom stereocenters. The highest BCUT2D eigenvalue weighted by atomic mass is 79.9. The van der Waals surface area contributed by atoms with Crippen LogP contribution in [0.15, 0.2) is 0 Å². The molecule has 0 amide bonds. The highest BCUT2D eigenvalue weighted by molar-refractivity contribution is 9.09. The van der Waals surface area contributed by atoms with E-state index < -0.39 is 0 Å². The highest BCUT2D eigenvalue weighted by Gasteiger charge is 2.11. The summed E-state index contributed by atoms with van der Waals surface area (Å²) in [6.45, 7) is 6.30. The first-order valence-electron chi connectivity index (χ1n) is 5.19. The van der Waals surface area contributed by atoms with Crippen LogP contribution in [0.1, 0.15) is 19.8 Å².